The van der Waals surface area contributed by atoms with Gasteiger partial charge in [0.1, 0.15) is 11.9 Å². The van der Waals surface area contributed by atoms with Gasteiger partial charge in [-0.3, -0.25) is 0 Å². The summed E-state index contributed by atoms with van der Waals surface area (Å²) in [7, 11) is 0. The topological polar surface area (TPSA) is 98.7 Å². The monoisotopic (exact) mass is 256 g/mol. The average Bonchev–Trinajstić information content (AvgIpc) is 2.31. The van der Waals surface area contributed by atoms with Crippen LogP contribution in [0.15, 0.2) is 24.3 Å². The molecule has 0 saturated carbocycles. The number of carbonyl (C=O) groups is 2. The van der Waals surface area contributed by atoms with E-state index in [0.29, 0.717) is 0 Å². The quantitative estimate of drug-likeness (QED) is 0.625. The number of anilines is 1. The largest absolute Gasteiger partial charge is 0.480 e. The Morgan fingerprint density at radius 3 is 2.56 bits per heavy atom. The highest BCUT2D eigenvalue weighted by molar-refractivity contribution is 5.92. The summed E-state index contributed by atoms with van der Waals surface area (Å²) in [5.74, 6) is -1.89. The molecule has 1 aromatic carbocycles. The van der Waals surface area contributed by atoms with Gasteiger partial charge in [-0.15, -0.1) is 0 Å². The first kappa shape index (κ1) is 13.9. The lowest BCUT2D eigenvalue weighted by atomic mass is 10.2. The molecule has 6 nitrogen and oxygen atoms in total. The molecule has 0 saturated heterocycles. The molecule has 0 unspecified atom stereocenters. The van der Waals surface area contributed by atoms with Crippen LogP contribution < -0.4 is 10.6 Å². The number of carboxylic acid groups (broad SMARTS) is 1. The molecule has 1 aromatic rings. The summed E-state index contributed by atoms with van der Waals surface area (Å²) in [4.78, 5) is 22.1. The number of aliphatic hydroxyl groups is 1. The maximum absolute atomic E-state index is 13.2. The number of hydrogen-bond donors (Lipinski definition) is 4. The average molecular weight is 256 g/mol. The summed E-state index contributed by atoms with van der Waals surface area (Å²) in [6.45, 7) is -0.378. The first-order valence-electron chi connectivity index (χ1n) is 5.20. The van der Waals surface area contributed by atoms with E-state index in [2.05, 4.69) is 10.6 Å². The van der Waals surface area contributed by atoms with Gasteiger partial charge >= 0.3 is 12.0 Å². The lowest BCUT2D eigenvalue weighted by Crippen LogP contribution is -2.43. The van der Waals surface area contributed by atoms with Crippen molar-refractivity contribution in [1.29, 1.82) is 0 Å². The fourth-order valence-corrected chi connectivity index (χ4v) is 1.27. The highest BCUT2D eigenvalue weighted by Crippen LogP contribution is 2.11. The van der Waals surface area contributed by atoms with Crippen LogP contribution in [0.4, 0.5) is 14.9 Å². The van der Waals surface area contributed by atoms with Crippen LogP contribution in [0.3, 0.4) is 0 Å². The summed E-state index contributed by atoms with van der Waals surface area (Å²) < 4.78 is 13.2. The molecular weight excluding hydrogens is 243 g/mol. The maximum Gasteiger partial charge on any atom is 0.326 e. The third-order valence-corrected chi connectivity index (χ3v) is 2.14. The van der Waals surface area contributed by atoms with Gasteiger partial charge in [-0.05, 0) is 12.1 Å². The second-order valence-electron chi connectivity index (χ2n) is 3.48. The van der Waals surface area contributed by atoms with Gasteiger partial charge in [-0.25, -0.2) is 14.0 Å². The number of amides is 2. The molecule has 0 aromatic heterocycles. The van der Waals surface area contributed by atoms with Gasteiger partial charge < -0.3 is 20.8 Å². The minimum atomic E-state index is -1.27. The second kappa shape index (κ2) is 6.55. The number of halogens is 1. The summed E-state index contributed by atoms with van der Waals surface area (Å²) in [5, 5.41) is 21.7. The third-order valence-electron chi connectivity index (χ3n) is 2.14. The molecule has 2 amide bonds. The second-order valence-corrected chi connectivity index (χ2v) is 3.48. The van der Waals surface area contributed by atoms with Crippen molar-refractivity contribution in [2.75, 3.05) is 11.9 Å². The molecule has 0 aliphatic heterocycles. The van der Waals surface area contributed by atoms with E-state index in [9.17, 15) is 14.0 Å². The van der Waals surface area contributed by atoms with Crippen molar-refractivity contribution >= 4 is 17.7 Å². The highest BCUT2D eigenvalue weighted by atomic mass is 19.1. The van der Waals surface area contributed by atoms with Crippen molar-refractivity contribution in [3.63, 3.8) is 0 Å². The van der Waals surface area contributed by atoms with Gasteiger partial charge in [0.2, 0.25) is 0 Å². The Bertz CT molecular complexity index is 439. The van der Waals surface area contributed by atoms with Gasteiger partial charge in [-0.1, -0.05) is 12.1 Å². The van der Waals surface area contributed by atoms with Gasteiger partial charge in [0.05, 0.1) is 5.69 Å². The molecule has 0 aliphatic carbocycles. The Morgan fingerprint density at radius 2 is 2.00 bits per heavy atom. The third kappa shape index (κ3) is 4.02. The van der Waals surface area contributed by atoms with E-state index in [-0.39, 0.29) is 18.7 Å². The zero-order valence-corrected chi connectivity index (χ0v) is 9.39. The molecule has 98 valence electrons. The number of para-hydroxylation sites is 1. The van der Waals surface area contributed by atoms with Gasteiger partial charge in [0, 0.05) is 13.0 Å². The van der Waals surface area contributed by atoms with E-state index in [1.54, 1.807) is 0 Å². The van der Waals surface area contributed by atoms with E-state index in [4.69, 9.17) is 10.2 Å². The zero-order valence-electron chi connectivity index (χ0n) is 9.39. The fourth-order valence-electron chi connectivity index (χ4n) is 1.27. The van der Waals surface area contributed by atoms with E-state index in [1.165, 1.54) is 18.2 Å². The van der Waals surface area contributed by atoms with Gasteiger partial charge in [0.25, 0.3) is 0 Å². The Morgan fingerprint density at radius 1 is 1.33 bits per heavy atom. The molecule has 18 heavy (non-hydrogen) atoms. The van der Waals surface area contributed by atoms with Gasteiger partial charge in [0.15, 0.2) is 0 Å². The zero-order chi connectivity index (χ0) is 13.5. The number of carboxylic acids is 1. The number of aliphatic hydroxyl groups excluding tert-OH is 1. The Kier molecular flexibility index (Phi) is 5.06. The predicted molar refractivity (Wildman–Crippen MR) is 61.7 cm³/mol. The number of nitrogens with one attached hydrogen (secondary N) is 2. The number of carbonyl (C=O) groups excluding carboxylic acids is 1. The number of aliphatic carboxylic acids is 1. The smallest absolute Gasteiger partial charge is 0.326 e. The van der Waals surface area contributed by atoms with Gasteiger partial charge in [-0.2, -0.15) is 0 Å². The molecule has 1 atom stereocenters. The minimum Gasteiger partial charge on any atom is -0.480 e. The fraction of sp³-hybridized carbons (Fsp3) is 0.273. The summed E-state index contributed by atoms with van der Waals surface area (Å²) in [6, 6.07) is 3.43. The first-order valence-corrected chi connectivity index (χ1v) is 5.20. The molecular formula is C11H13FN2O4. The van der Waals surface area contributed by atoms with Crippen molar-refractivity contribution < 1.29 is 24.2 Å². The van der Waals surface area contributed by atoms with E-state index in [1.807, 2.05) is 0 Å². The number of benzene rings is 1. The Labute approximate surface area is 102 Å². The Hall–Kier alpha value is -2.15. The molecule has 0 spiro atoms. The van der Waals surface area contributed by atoms with Crippen molar-refractivity contribution in [3.8, 4) is 0 Å². The normalized spacial score (nSPS) is 11.7. The SMILES string of the molecule is O=C(Nc1ccccc1F)N[C@H](CCO)C(=O)O. The predicted octanol–water partition coefficient (Wildman–Crippen LogP) is 0.783. The van der Waals surface area contributed by atoms with E-state index >= 15 is 0 Å². The van der Waals surface area contributed by atoms with Crippen molar-refractivity contribution in [2.45, 2.75) is 12.5 Å². The van der Waals surface area contributed by atoms with Crippen molar-refractivity contribution in [2.24, 2.45) is 0 Å². The van der Waals surface area contributed by atoms with E-state index in [0.717, 1.165) is 6.07 Å². The van der Waals surface area contributed by atoms with Crippen molar-refractivity contribution in [3.05, 3.63) is 30.1 Å². The van der Waals surface area contributed by atoms with Crippen LogP contribution in [0.25, 0.3) is 0 Å². The lowest BCUT2D eigenvalue weighted by Gasteiger charge is -2.14. The molecule has 4 N–H and O–H groups in total. The number of urea groups is 1. The van der Waals surface area contributed by atoms with Crippen LogP contribution in [0.5, 0.6) is 0 Å². The van der Waals surface area contributed by atoms with Crippen LogP contribution in [0.1, 0.15) is 6.42 Å². The van der Waals surface area contributed by atoms with Crippen LogP contribution in [0, 0.1) is 5.82 Å². The van der Waals surface area contributed by atoms with E-state index < -0.39 is 23.9 Å². The lowest BCUT2D eigenvalue weighted by molar-refractivity contribution is -0.139. The summed E-state index contributed by atoms with van der Waals surface area (Å²) >= 11 is 0. The molecule has 7 heteroatoms. The molecule has 1 rings (SSSR count). The molecule has 0 bridgehead atoms. The highest BCUT2D eigenvalue weighted by Gasteiger charge is 2.19. The molecule has 0 heterocycles. The Balaban J connectivity index is 2.61. The maximum atomic E-state index is 13.2. The summed E-state index contributed by atoms with van der Waals surface area (Å²) in [5.41, 5.74) is -0.0527. The number of rotatable bonds is 5. The van der Waals surface area contributed by atoms with Crippen LogP contribution in [-0.4, -0.2) is 34.9 Å². The minimum absolute atomic E-state index is 0.0527. The first-order chi connectivity index (χ1) is 8.54. The van der Waals surface area contributed by atoms with Crippen LogP contribution >= 0.6 is 0 Å². The molecule has 0 fully saturated rings. The van der Waals surface area contributed by atoms with Crippen molar-refractivity contribution in [1.82, 2.24) is 5.32 Å². The standard InChI is InChI=1S/C11H13FN2O4/c12-7-3-1-2-4-8(7)13-11(18)14-9(5-6-15)10(16)17/h1-4,9,15H,5-6H2,(H,16,17)(H2,13,14,18)/t9-/m1/s1. The number of hydrogen-bond acceptors (Lipinski definition) is 3. The van der Waals surface area contributed by atoms with Crippen LogP contribution in [-0.2, 0) is 4.79 Å². The summed E-state index contributed by atoms with van der Waals surface area (Å²) in [6.07, 6.45) is -0.125. The molecule has 0 aliphatic rings. The van der Waals surface area contributed by atoms with Crippen LogP contribution in [0.2, 0.25) is 0 Å². The molecule has 0 radical (unpaired) electrons.